The lowest BCUT2D eigenvalue weighted by molar-refractivity contribution is -0.124. The molecule has 2 aromatic carbocycles. The highest BCUT2D eigenvalue weighted by Crippen LogP contribution is 2.15. The number of hydrogen-bond acceptors (Lipinski definition) is 4. The van der Waals surface area contributed by atoms with Crippen LogP contribution < -0.4 is 20.9 Å². The Labute approximate surface area is 170 Å². The number of hydrazine groups is 1. The van der Waals surface area contributed by atoms with E-state index in [0.717, 1.165) is 11.1 Å². The summed E-state index contributed by atoms with van der Waals surface area (Å²) in [5.41, 5.74) is 7.94. The van der Waals surface area contributed by atoms with Gasteiger partial charge in [0.25, 0.3) is 5.91 Å². The number of rotatable bonds is 7. The van der Waals surface area contributed by atoms with Crippen LogP contribution in [0.15, 0.2) is 42.5 Å². The summed E-state index contributed by atoms with van der Waals surface area (Å²) in [4.78, 5) is 36.0. The number of ether oxygens (including phenoxy) is 1. The fourth-order valence-corrected chi connectivity index (χ4v) is 2.49. The number of carbonyl (C=O) groups excluding carboxylic acids is 3. The average Bonchev–Trinajstić information content (AvgIpc) is 2.67. The van der Waals surface area contributed by atoms with E-state index in [4.69, 9.17) is 4.74 Å². The van der Waals surface area contributed by atoms with Gasteiger partial charge < -0.3 is 10.1 Å². The summed E-state index contributed by atoms with van der Waals surface area (Å²) in [6, 6.07) is 12.2. The van der Waals surface area contributed by atoms with Crippen molar-refractivity contribution in [2.24, 2.45) is 0 Å². The Bertz CT molecular complexity index is 876. The summed E-state index contributed by atoms with van der Waals surface area (Å²) in [6.07, 6.45) is 0.00903. The third-order valence-corrected chi connectivity index (χ3v) is 4.17. The maximum Gasteiger partial charge on any atom is 0.269 e. The molecule has 0 aliphatic rings. The SMILES string of the molecule is Cc1ccc(NC(=O)CCC(=O)NNC(=O)c2ccc(OC(C)C)cc2)cc1C. The van der Waals surface area contributed by atoms with Crippen molar-refractivity contribution in [3.05, 3.63) is 59.2 Å². The molecule has 0 spiro atoms. The van der Waals surface area contributed by atoms with Crippen molar-refractivity contribution >= 4 is 23.4 Å². The van der Waals surface area contributed by atoms with Crippen LogP contribution in [0, 0.1) is 13.8 Å². The van der Waals surface area contributed by atoms with Crippen LogP contribution in [0.25, 0.3) is 0 Å². The first kappa shape index (κ1) is 21.9. The molecule has 0 unspecified atom stereocenters. The van der Waals surface area contributed by atoms with Crippen LogP contribution in [0.3, 0.4) is 0 Å². The summed E-state index contributed by atoms with van der Waals surface area (Å²) in [7, 11) is 0. The predicted octanol–water partition coefficient (Wildman–Crippen LogP) is 3.27. The van der Waals surface area contributed by atoms with Crippen molar-refractivity contribution < 1.29 is 19.1 Å². The highest BCUT2D eigenvalue weighted by atomic mass is 16.5. The molecule has 0 heterocycles. The highest BCUT2D eigenvalue weighted by Gasteiger charge is 2.10. The molecule has 2 rings (SSSR count). The fraction of sp³-hybridized carbons (Fsp3) is 0.318. The summed E-state index contributed by atoms with van der Waals surface area (Å²) in [5.74, 6) is -0.506. The highest BCUT2D eigenvalue weighted by molar-refractivity contribution is 5.96. The Balaban J connectivity index is 1.73. The minimum Gasteiger partial charge on any atom is -0.491 e. The van der Waals surface area contributed by atoms with E-state index >= 15 is 0 Å². The maximum absolute atomic E-state index is 12.1. The zero-order valence-corrected chi connectivity index (χ0v) is 17.2. The summed E-state index contributed by atoms with van der Waals surface area (Å²) >= 11 is 0. The molecule has 0 fully saturated rings. The van der Waals surface area contributed by atoms with Gasteiger partial charge in [-0.15, -0.1) is 0 Å². The first-order valence-corrected chi connectivity index (χ1v) is 9.47. The smallest absolute Gasteiger partial charge is 0.269 e. The lowest BCUT2D eigenvalue weighted by atomic mass is 10.1. The molecule has 3 amide bonds. The first-order chi connectivity index (χ1) is 13.7. The van der Waals surface area contributed by atoms with Gasteiger partial charge in [0.15, 0.2) is 0 Å². The van der Waals surface area contributed by atoms with E-state index < -0.39 is 11.8 Å². The number of nitrogens with one attached hydrogen (secondary N) is 3. The zero-order valence-electron chi connectivity index (χ0n) is 17.2. The molecule has 29 heavy (non-hydrogen) atoms. The second-order valence-corrected chi connectivity index (χ2v) is 7.04. The molecular formula is C22H27N3O4. The number of anilines is 1. The molecule has 154 valence electrons. The van der Waals surface area contributed by atoms with E-state index in [9.17, 15) is 14.4 Å². The second-order valence-electron chi connectivity index (χ2n) is 7.04. The summed E-state index contributed by atoms with van der Waals surface area (Å²) in [5, 5.41) is 2.76. The van der Waals surface area contributed by atoms with E-state index in [1.165, 1.54) is 0 Å². The lowest BCUT2D eigenvalue weighted by Crippen LogP contribution is -2.41. The molecule has 0 radical (unpaired) electrons. The molecule has 2 aromatic rings. The molecule has 7 heteroatoms. The maximum atomic E-state index is 12.1. The Hall–Kier alpha value is -3.35. The van der Waals surface area contributed by atoms with Crippen molar-refractivity contribution in [2.45, 2.75) is 46.6 Å². The number of amides is 3. The predicted molar refractivity (Wildman–Crippen MR) is 112 cm³/mol. The first-order valence-electron chi connectivity index (χ1n) is 9.47. The quantitative estimate of drug-likeness (QED) is 0.625. The monoisotopic (exact) mass is 397 g/mol. The van der Waals surface area contributed by atoms with Gasteiger partial charge >= 0.3 is 0 Å². The van der Waals surface area contributed by atoms with Gasteiger partial charge in [-0.2, -0.15) is 0 Å². The van der Waals surface area contributed by atoms with E-state index in [1.807, 2.05) is 45.9 Å². The van der Waals surface area contributed by atoms with Crippen LogP contribution in [-0.4, -0.2) is 23.8 Å². The van der Waals surface area contributed by atoms with Crippen LogP contribution in [-0.2, 0) is 9.59 Å². The third kappa shape index (κ3) is 7.29. The largest absolute Gasteiger partial charge is 0.491 e. The van der Waals surface area contributed by atoms with Crippen LogP contribution in [0.2, 0.25) is 0 Å². The minimum atomic E-state index is -0.451. The van der Waals surface area contributed by atoms with Crippen LogP contribution >= 0.6 is 0 Å². The fourth-order valence-electron chi connectivity index (χ4n) is 2.49. The standard InChI is InChI=1S/C22H27N3O4/c1-14(2)29-19-9-6-17(7-10-19)22(28)25-24-21(27)12-11-20(26)23-18-8-5-15(3)16(4)13-18/h5-10,13-14H,11-12H2,1-4H3,(H,23,26)(H,24,27)(H,25,28). The van der Waals surface area contributed by atoms with Crippen molar-refractivity contribution in [1.29, 1.82) is 0 Å². The van der Waals surface area contributed by atoms with Crippen molar-refractivity contribution in [3.8, 4) is 5.75 Å². The average molecular weight is 397 g/mol. The van der Waals surface area contributed by atoms with Crippen molar-refractivity contribution in [2.75, 3.05) is 5.32 Å². The van der Waals surface area contributed by atoms with Crippen LogP contribution in [0.1, 0.15) is 48.2 Å². The number of carbonyl (C=O) groups is 3. The summed E-state index contributed by atoms with van der Waals surface area (Å²) < 4.78 is 5.52. The van der Waals surface area contributed by atoms with Gasteiger partial charge in [-0.05, 0) is 75.2 Å². The second kappa shape index (κ2) is 10.3. The molecule has 0 aliphatic heterocycles. The molecule has 0 atom stereocenters. The number of hydrogen-bond donors (Lipinski definition) is 3. The molecule has 0 saturated carbocycles. The Morgan fingerprint density at radius 3 is 2.14 bits per heavy atom. The van der Waals surface area contributed by atoms with Gasteiger partial charge in [0.05, 0.1) is 6.10 Å². The Morgan fingerprint density at radius 1 is 0.862 bits per heavy atom. The lowest BCUT2D eigenvalue weighted by Gasteiger charge is -2.11. The molecular weight excluding hydrogens is 370 g/mol. The van der Waals surface area contributed by atoms with Crippen LogP contribution in [0.4, 0.5) is 5.69 Å². The molecule has 7 nitrogen and oxygen atoms in total. The van der Waals surface area contributed by atoms with Gasteiger partial charge in [0, 0.05) is 24.1 Å². The van der Waals surface area contributed by atoms with E-state index in [-0.39, 0.29) is 24.9 Å². The van der Waals surface area contributed by atoms with Crippen LogP contribution in [0.5, 0.6) is 5.75 Å². The van der Waals surface area contributed by atoms with Gasteiger partial charge in [-0.1, -0.05) is 6.07 Å². The van der Waals surface area contributed by atoms with Crippen molar-refractivity contribution in [1.82, 2.24) is 10.9 Å². The van der Waals surface area contributed by atoms with Gasteiger partial charge in [0.1, 0.15) is 5.75 Å². The van der Waals surface area contributed by atoms with Crippen molar-refractivity contribution in [3.63, 3.8) is 0 Å². The Kier molecular flexibility index (Phi) is 7.77. The van der Waals surface area contributed by atoms with E-state index in [2.05, 4.69) is 16.2 Å². The third-order valence-electron chi connectivity index (χ3n) is 4.17. The molecule has 3 N–H and O–H groups in total. The molecule has 0 aromatic heterocycles. The number of aryl methyl sites for hydroxylation is 2. The minimum absolute atomic E-state index is 0.00979. The zero-order chi connectivity index (χ0) is 21.4. The molecule has 0 bridgehead atoms. The van der Waals surface area contributed by atoms with Gasteiger partial charge in [-0.25, -0.2) is 0 Å². The van der Waals surface area contributed by atoms with Gasteiger partial charge in [-0.3, -0.25) is 25.2 Å². The van der Waals surface area contributed by atoms with E-state index in [1.54, 1.807) is 24.3 Å². The number of benzene rings is 2. The molecule has 0 aliphatic carbocycles. The van der Waals surface area contributed by atoms with E-state index in [0.29, 0.717) is 17.0 Å². The molecule has 0 saturated heterocycles. The normalized spacial score (nSPS) is 10.4. The topological polar surface area (TPSA) is 96.5 Å². The summed E-state index contributed by atoms with van der Waals surface area (Å²) in [6.45, 7) is 7.79. The Morgan fingerprint density at radius 2 is 1.52 bits per heavy atom. The van der Waals surface area contributed by atoms with Gasteiger partial charge in [0.2, 0.25) is 11.8 Å².